The molecule has 1 saturated carbocycles. The Morgan fingerprint density at radius 2 is 1.48 bits per heavy atom. The SMILES string of the molecule is C=CCN1C(=O)[C@@]2(c3ccccc31)[C@@H](C(=O)c1ccccc1)[C@@H]2C(=O)c1ccc(OC)cc1. The Morgan fingerprint density at radius 1 is 0.909 bits per heavy atom. The van der Waals surface area contributed by atoms with Crippen LogP contribution in [0.15, 0.2) is 91.5 Å². The van der Waals surface area contributed by atoms with E-state index in [1.54, 1.807) is 66.6 Å². The average molecular weight is 437 g/mol. The number of anilines is 1. The van der Waals surface area contributed by atoms with Gasteiger partial charge >= 0.3 is 0 Å². The Kier molecular flexibility index (Phi) is 4.97. The lowest BCUT2D eigenvalue weighted by Crippen LogP contribution is -2.35. The van der Waals surface area contributed by atoms with Gasteiger partial charge in [-0.05, 0) is 35.9 Å². The number of ketones is 2. The number of benzene rings is 3. The second kappa shape index (κ2) is 7.85. The molecule has 2 aliphatic rings. The van der Waals surface area contributed by atoms with E-state index in [0.717, 1.165) is 11.3 Å². The third-order valence-corrected chi connectivity index (χ3v) is 6.75. The molecule has 3 aromatic carbocycles. The molecule has 0 saturated heterocycles. The van der Waals surface area contributed by atoms with Gasteiger partial charge in [0.15, 0.2) is 11.6 Å². The van der Waals surface area contributed by atoms with Crippen molar-refractivity contribution in [1.29, 1.82) is 0 Å². The number of ether oxygens (including phenoxy) is 1. The number of carbonyl (C=O) groups is 3. The quantitative estimate of drug-likeness (QED) is 0.404. The van der Waals surface area contributed by atoms with Crippen molar-refractivity contribution >= 4 is 23.2 Å². The minimum absolute atomic E-state index is 0.189. The number of rotatable bonds is 7. The van der Waals surface area contributed by atoms with Crippen LogP contribution in [0.1, 0.15) is 26.3 Å². The highest BCUT2D eigenvalue weighted by atomic mass is 16.5. The molecule has 1 aliphatic heterocycles. The molecule has 5 heteroatoms. The highest BCUT2D eigenvalue weighted by Gasteiger charge is 2.79. The van der Waals surface area contributed by atoms with Gasteiger partial charge in [-0.3, -0.25) is 14.4 Å². The monoisotopic (exact) mass is 437 g/mol. The lowest BCUT2D eigenvalue weighted by Gasteiger charge is -2.16. The van der Waals surface area contributed by atoms with Crippen molar-refractivity contribution in [1.82, 2.24) is 0 Å². The summed E-state index contributed by atoms with van der Waals surface area (Å²) in [5, 5.41) is 0. The summed E-state index contributed by atoms with van der Waals surface area (Å²) in [6.07, 6.45) is 1.66. The van der Waals surface area contributed by atoms with Crippen LogP contribution in [0.25, 0.3) is 0 Å². The fourth-order valence-corrected chi connectivity index (χ4v) is 5.24. The van der Waals surface area contributed by atoms with Crippen molar-refractivity contribution in [3.8, 4) is 5.75 Å². The van der Waals surface area contributed by atoms with Crippen LogP contribution in [0.5, 0.6) is 5.75 Å². The second-order valence-electron chi connectivity index (χ2n) is 8.37. The molecule has 3 atom stereocenters. The van der Waals surface area contributed by atoms with Crippen molar-refractivity contribution in [2.45, 2.75) is 5.41 Å². The number of methoxy groups -OCH3 is 1. The lowest BCUT2D eigenvalue weighted by molar-refractivity contribution is -0.120. The predicted molar refractivity (Wildman–Crippen MR) is 126 cm³/mol. The van der Waals surface area contributed by atoms with Crippen LogP contribution in [0, 0.1) is 11.8 Å². The van der Waals surface area contributed by atoms with E-state index in [2.05, 4.69) is 6.58 Å². The van der Waals surface area contributed by atoms with E-state index >= 15 is 0 Å². The standard InChI is InChI=1S/C28H23NO4/c1-3-17-29-22-12-8-7-11-21(22)28(27(29)32)23(25(30)18-9-5-4-6-10-18)24(28)26(31)19-13-15-20(33-2)16-14-19/h3-16,23-24H,1,17H2,2H3/t23-,24-,28+/m1/s1. The maximum absolute atomic E-state index is 13.9. The van der Waals surface area contributed by atoms with E-state index in [0.29, 0.717) is 23.4 Å². The van der Waals surface area contributed by atoms with Gasteiger partial charge in [0.25, 0.3) is 0 Å². The molecule has 0 unspecified atom stereocenters. The van der Waals surface area contributed by atoms with E-state index in [-0.39, 0.29) is 17.5 Å². The number of fused-ring (bicyclic) bond motifs is 2. The predicted octanol–water partition coefficient (Wildman–Crippen LogP) is 4.48. The highest BCUT2D eigenvalue weighted by molar-refractivity contribution is 6.23. The first-order chi connectivity index (χ1) is 16.1. The largest absolute Gasteiger partial charge is 0.497 e. The maximum Gasteiger partial charge on any atom is 0.239 e. The van der Waals surface area contributed by atoms with E-state index in [9.17, 15) is 14.4 Å². The first kappa shape index (κ1) is 20.9. The third kappa shape index (κ3) is 2.96. The van der Waals surface area contributed by atoms with Crippen LogP contribution in [-0.4, -0.2) is 31.1 Å². The number of hydrogen-bond donors (Lipinski definition) is 0. The van der Waals surface area contributed by atoms with Gasteiger partial charge in [0.1, 0.15) is 5.75 Å². The smallest absolute Gasteiger partial charge is 0.239 e. The number of nitrogens with zero attached hydrogens (tertiary/aromatic N) is 1. The molecular weight excluding hydrogens is 414 g/mol. The Labute approximate surface area is 192 Å². The molecule has 1 heterocycles. The van der Waals surface area contributed by atoms with Crippen LogP contribution >= 0.6 is 0 Å². The maximum atomic E-state index is 13.9. The first-order valence-corrected chi connectivity index (χ1v) is 10.9. The molecular formula is C28H23NO4. The van der Waals surface area contributed by atoms with Crippen molar-refractivity contribution in [2.75, 3.05) is 18.6 Å². The van der Waals surface area contributed by atoms with Crippen LogP contribution in [-0.2, 0) is 10.2 Å². The minimum atomic E-state index is -1.20. The molecule has 0 bridgehead atoms. The van der Waals surface area contributed by atoms with E-state index in [1.165, 1.54) is 0 Å². The van der Waals surface area contributed by atoms with Crippen molar-refractivity contribution in [2.24, 2.45) is 11.8 Å². The third-order valence-electron chi connectivity index (χ3n) is 6.75. The van der Waals surface area contributed by atoms with Gasteiger partial charge in [0.2, 0.25) is 5.91 Å². The number of para-hydroxylation sites is 1. The summed E-state index contributed by atoms with van der Waals surface area (Å²) >= 11 is 0. The van der Waals surface area contributed by atoms with Crippen LogP contribution in [0.2, 0.25) is 0 Å². The zero-order valence-corrected chi connectivity index (χ0v) is 18.2. The van der Waals surface area contributed by atoms with Crippen LogP contribution in [0.4, 0.5) is 5.69 Å². The van der Waals surface area contributed by atoms with Crippen LogP contribution in [0.3, 0.4) is 0 Å². The van der Waals surface area contributed by atoms with Gasteiger partial charge in [-0.15, -0.1) is 6.58 Å². The molecule has 0 N–H and O–H groups in total. The molecule has 3 aromatic rings. The molecule has 1 spiro atoms. The van der Waals surface area contributed by atoms with Crippen molar-refractivity contribution in [3.63, 3.8) is 0 Å². The van der Waals surface area contributed by atoms with Gasteiger partial charge < -0.3 is 9.64 Å². The normalized spacial score (nSPS) is 22.7. The van der Waals surface area contributed by atoms with Gasteiger partial charge in [0.05, 0.1) is 24.4 Å². The summed E-state index contributed by atoms with van der Waals surface area (Å²) in [5.41, 5.74) is 1.22. The lowest BCUT2D eigenvalue weighted by atomic mass is 9.90. The number of amides is 1. The molecule has 1 aliphatic carbocycles. The van der Waals surface area contributed by atoms with Crippen molar-refractivity contribution < 1.29 is 19.1 Å². The molecule has 5 rings (SSSR count). The minimum Gasteiger partial charge on any atom is -0.497 e. The molecule has 5 nitrogen and oxygen atoms in total. The average Bonchev–Trinajstić information content (AvgIpc) is 3.51. The zero-order valence-electron chi connectivity index (χ0n) is 18.2. The molecule has 1 amide bonds. The van der Waals surface area contributed by atoms with Gasteiger partial charge in [-0.25, -0.2) is 0 Å². The van der Waals surface area contributed by atoms with Crippen molar-refractivity contribution in [3.05, 3.63) is 108 Å². The summed E-state index contributed by atoms with van der Waals surface area (Å²) in [7, 11) is 1.56. The van der Waals surface area contributed by atoms with Gasteiger partial charge in [-0.2, -0.15) is 0 Å². The number of carbonyl (C=O) groups excluding carboxylic acids is 3. The van der Waals surface area contributed by atoms with E-state index < -0.39 is 17.3 Å². The van der Waals surface area contributed by atoms with Gasteiger partial charge in [-0.1, -0.05) is 54.6 Å². The van der Waals surface area contributed by atoms with Gasteiger partial charge in [0, 0.05) is 23.4 Å². The molecule has 1 fully saturated rings. The summed E-state index contributed by atoms with van der Waals surface area (Å²) in [5.74, 6) is -1.53. The molecule has 164 valence electrons. The fraction of sp³-hybridized carbons (Fsp3) is 0.179. The molecule has 0 radical (unpaired) electrons. The van der Waals surface area contributed by atoms with Crippen LogP contribution < -0.4 is 9.64 Å². The summed E-state index contributed by atoms with van der Waals surface area (Å²) < 4.78 is 5.20. The summed E-state index contributed by atoms with van der Waals surface area (Å²) in [4.78, 5) is 42.9. The highest BCUT2D eigenvalue weighted by Crippen LogP contribution is 2.67. The summed E-state index contributed by atoms with van der Waals surface area (Å²) in [6, 6.07) is 23.1. The first-order valence-electron chi connectivity index (χ1n) is 10.9. The topological polar surface area (TPSA) is 63.7 Å². The van der Waals surface area contributed by atoms with E-state index in [4.69, 9.17) is 4.74 Å². The Morgan fingerprint density at radius 3 is 2.09 bits per heavy atom. The molecule has 0 aromatic heterocycles. The second-order valence-corrected chi connectivity index (χ2v) is 8.37. The summed E-state index contributed by atoms with van der Waals surface area (Å²) in [6.45, 7) is 4.09. The number of hydrogen-bond acceptors (Lipinski definition) is 4. The number of Topliss-reactive ketones (excluding diaryl/α,β-unsaturated/α-hetero) is 2. The zero-order chi connectivity index (χ0) is 23.2. The Bertz CT molecular complexity index is 1260. The Balaban J connectivity index is 1.65. The fourth-order valence-electron chi connectivity index (χ4n) is 5.24. The molecule has 33 heavy (non-hydrogen) atoms. The Hall–Kier alpha value is -3.99. The van der Waals surface area contributed by atoms with E-state index in [1.807, 2.05) is 30.3 Å².